The van der Waals surface area contributed by atoms with Gasteiger partial charge in [-0.3, -0.25) is 0 Å². The third kappa shape index (κ3) is 15.1. The van der Waals surface area contributed by atoms with Gasteiger partial charge in [0.05, 0.1) is 31.8 Å². The van der Waals surface area contributed by atoms with Crippen molar-refractivity contribution in [3.8, 4) is 28.0 Å². The van der Waals surface area contributed by atoms with Crippen LogP contribution in [0.25, 0.3) is 22.3 Å². The molecule has 1 fully saturated rings. The Labute approximate surface area is 376 Å². The van der Waals surface area contributed by atoms with E-state index >= 15 is 0 Å². The van der Waals surface area contributed by atoms with Crippen molar-refractivity contribution in [3.05, 3.63) is 113 Å². The lowest BCUT2D eigenvalue weighted by molar-refractivity contribution is -0.146. The third-order valence-electron chi connectivity index (χ3n) is 12.2. The van der Waals surface area contributed by atoms with Crippen LogP contribution in [0.15, 0.2) is 91.1 Å². The van der Waals surface area contributed by atoms with Crippen molar-refractivity contribution in [3.63, 3.8) is 0 Å². The molecular formula is C54H72O9. The van der Waals surface area contributed by atoms with Gasteiger partial charge in [0.15, 0.2) is 0 Å². The molecule has 9 nitrogen and oxygen atoms in total. The highest BCUT2D eigenvalue weighted by atomic mass is 16.5. The topological polar surface area (TPSA) is 129 Å². The molecule has 0 unspecified atom stereocenters. The number of rotatable bonds is 26. The van der Waals surface area contributed by atoms with Gasteiger partial charge in [-0.15, -0.1) is 0 Å². The van der Waals surface area contributed by atoms with E-state index in [4.69, 9.17) is 18.9 Å². The summed E-state index contributed by atoms with van der Waals surface area (Å²) < 4.78 is 22.9. The molecule has 0 aliphatic heterocycles. The highest BCUT2D eigenvalue weighted by molar-refractivity contribution is 5.87. The lowest BCUT2D eigenvalue weighted by Gasteiger charge is -2.30. The van der Waals surface area contributed by atoms with E-state index in [1.54, 1.807) is 13.8 Å². The van der Waals surface area contributed by atoms with Crippen LogP contribution in [0, 0.1) is 11.3 Å². The van der Waals surface area contributed by atoms with Crippen molar-refractivity contribution in [2.24, 2.45) is 11.3 Å². The van der Waals surface area contributed by atoms with Gasteiger partial charge in [0.2, 0.25) is 0 Å². The molecular weight excluding hydrogens is 793 g/mol. The molecule has 1 saturated carbocycles. The van der Waals surface area contributed by atoms with Crippen LogP contribution in [0.1, 0.15) is 127 Å². The summed E-state index contributed by atoms with van der Waals surface area (Å²) in [6.45, 7) is 19.0. The summed E-state index contributed by atoms with van der Waals surface area (Å²) in [4.78, 5) is 36.8. The average Bonchev–Trinajstić information content (AvgIpc) is 3.29. The standard InChI is InChI=1S/C54H72O9/c1-9-11-12-15-40-18-20-42(21-19-40)43-22-24-44(25-23-43)45-26-27-49(41(10-2)30-45)48-31-46(16-13-28-60-51(57)37(3)4)50(47(32-48)17-14-29-61-52(58)38(5)6)62-35-54(33-55,34-56)36-63-53(59)39(7)8/h22-27,30-32,40,42,55-56H,3,5,7,9-21,28-29,33-36H2,1-2,4,6,8H3. The minimum absolute atomic E-state index is 0.156. The van der Waals surface area contributed by atoms with Crippen LogP contribution in [-0.4, -0.2) is 67.8 Å². The molecule has 0 amide bonds. The number of unbranched alkanes of at least 4 members (excludes halogenated alkanes) is 2. The summed E-state index contributed by atoms with van der Waals surface area (Å²) in [6.07, 6.45) is 13.2. The predicted molar refractivity (Wildman–Crippen MR) is 252 cm³/mol. The van der Waals surface area contributed by atoms with Gasteiger partial charge in [-0.1, -0.05) is 102 Å². The van der Waals surface area contributed by atoms with Crippen molar-refractivity contribution < 1.29 is 43.5 Å². The Morgan fingerprint density at radius 2 is 1.16 bits per heavy atom. The van der Waals surface area contributed by atoms with Gasteiger partial charge in [-0.2, -0.15) is 0 Å². The summed E-state index contributed by atoms with van der Waals surface area (Å²) in [5, 5.41) is 21.0. The first kappa shape index (κ1) is 50.7. The number of aliphatic hydroxyl groups excluding tert-OH is 2. The summed E-state index contributed by atoms with van der Waals surface area (Å²) in [6, 6.07) is 20.0. The SMILES string of the molecule is C=C(C)C(=O)OCCCc1cc(-c2ccc(-c3ccc(C4CCC(CCCCC)CC4)cc3)cc2CC)cc(CCCOC(=O)C(=C)C)c1OCC(CO)(CO)COC(=O)C(=C)C. The van der Waals surface area contributed by atoms with Gasteiger partial charge in [-0.05, 0) is 147 Å². The van der Waals surface area contributed by atoms with E-state index in [-0.39, 0.29) is 32.0 Å². The Morgan fingerprint density at radius 1 is 0.635 bits per heavy atom. The molecule has 0 aromatic heterocycles. The molecule has 0 spiro atoms. The maximum atomic E-state index is 12.3. The molecule has 9 heteroatoms. The molecule has 0 bridgehead atoms. The minimum Gasteiger partial charge on any atom is -0.492 e. The van der Waals surface area contributed by atoms with Crippen LogP contribution in [0.3, 0.4) is 0 Å². The number of esters is 3. The van der Waals surface area contributed by atoms with Crippen molar-refractivity contribution in [2.75, 3.05) is 39.6 Å². The Hall–Kier alpha value is -4.99. The van der Waals surface area contributed by atoms with Gasteiger partial charge in [-0.25, -0.2) is 14.4 Å². The van der Waals surface area contributed by atoms with Crippen LogP contribution in [0.4, 0.5) is 0 Å². The zero-order valence-electron chi connectivity index (χ0n) is 38.7. The molecule has 3 aromatic carbocycles. The Kier molecular flexibility index (Phi) is 20.4. The second-order valence-corrected chi connectivity index (χ2v) is 17.7. The average molecular weight is 865 g/mol. The molecule has 2 N–H and O–H groups in total. The molecule has 342 valence electrons. The van der Waals surface area contributed by atoms with E-state index in [0.717, 1.165) is 40.2 Å². The summed E-state index contributed by atoms with van der Waals surface area (Å²) >= 11 is 0. The molecule has 1 aliphatic carbocycles. The van der Waals surface area contributed by atoms with Crippen molar-refractivity contribution in [2.45, 2.75) is 124 Å². The molecule has 0 saturated heterocycles. The van der Waals surface area contributed by atoms with E-state index in [1.807, 2.05) is 0 Å². The Balaban J connectivity index is 1.69. The molecule has 63 heavy (non-hydrogen) atoms. The number of hydrogen-bond acceptors (Lipinski definition) is 9. The first-order valence-electron chi connectivity index (χ1n) is 23.0. The van der Waals surface area contributed by atoms with Crippen molar-refractivity contribution in [1.82, 2.24) is 0 Å². The van der Waals surface area contributed by atoms with Crippen molar-refractivity contribution in [1.29, 1.82) is 0 Å². The number of carbonyl (C=O) groups is 3. The molecule has 4 rings (SSSR count). The molecule has 0 radical (unpaired) electrons. The maximum Gasteiger partial charge on any atom is 0.333 e. The highest BCUT2D eigenvalue weighted by Crippen LogP contribution is 2.40. The van der Waals surface area contributed by atoms with E-state index in [9.17, 15) is 24.6 Å². The van der Waals surface area contributed by atoms with Gasteiger partial charge in [0.1, 0.15) is 19.0 Å². The van der Waals surface area contributed by atoms with Gasteiger partial charge < -0.3 is 29.2 Å². The van der Waals surface area contributed by atoms with Crippen LogP contribution in [-0.2, 0) is 47.9 Å². The quantitative estimate of drug-likeness (QED) is 0.0351. The number of carbonyl (C=O) groups excluding carboxylic acids is 3. The zero-order valence-corrected chi connectivity index (χ0v) is 38.7. The Morgan fingerprint density at radius 3 is 1.67 bits per heavy atom. The fourth-order valence-electron chi connectivity index (χ4n) is 8.17. The number of benzene rings is 3. The first-order chi connectivity index (χ1) is 30.2. The van der Waals surface area contributed by atoms with E-state index in [1.165, 1.54) is 75.0 Å². The normalized spacial score (nSPS) is 15.0. The lowest BCUT2D eigenvalue weighted by atomic mass is 9.77. The van der Waals surface area contributed by atoms with Crippen LogP contribution >= 0.6 is 0 Å². The predicted octanol–water partition coefficient (Wildman–Crippen LogP) is 11.0. The fourth-order valence-corrected chi connectivity index (χ4v) is 8.17. The van der Waals surface area contributed by atoms with Gasteiger partial charge in [0.25, 0.3) is 0 Å². The largest absolute Gasteiger partial charge is 0.492 e. The molecule has 3 aromatic rings. The maximum absolute atomic E-state index is 12.3. The minimum atomic E-state index is -1.32. The van der Waals surface area contributed by atoms with Gasteiger partial charge in [0, 0.05) is 16.7 Å². The monoisotopic (exact) mass is 865 g/mol. The first-order valence-corrected chi connectivity index (χ1v) is 23.0. The van der Waals surface area contributed by atoms with Gasteiger partial charge >= 0.3 is 17.9 Å². The second kappa shape index (κ2) is 25.3. The van der Waals surface area contributed by atoms with Crippen molar-refractivity contribution >= 4 is 17.9 Å². The second-order valence-electron chi connectivity index (χ2n) is 17.7. The summed E-state index contributed by atoms with van der Waals surface area (Å²) in [7, 11) is 0. The third-order valence-corrected chi connectivity index (χ3v) is 12.2. The molecule has 0 heterocycles. The highest BCUT2D eigenvalue weighted by Gasteiger charge is 2.33. The summed E-state index contributed by atoms with van der Waals surface area (Å²) in [5.74, 6) is 0.480. The summed E-state index contributed by atoms with van der Waals surface area (Å²) in [5.41, 5.74) is 8.14. The Bertz CT molecular complexity index is 1960. The zero-order chi connectivity index (χ0) is 45.9. The van der Waals surface area contributed by atoms with E-state index in [2.05, 4.69) is 88.2 Å². The molecule has 1 aliphatic rings. The number of ether oxygens (including phenoxy) is 4. The van der Waals surface area contributed by atoms with Crippen LogP contribution < -0.4 is 4.74 Å². The van der Waals surface area contributed by atoms with E-state index < -0.39 is 36.5 Å². The van der Waals surface area contributed by atoms with E-state index in [0.29, 0.717) is 48.5 Å². The molecule has 0 atom stereocenters. The smallest absolute Gasteiger partial charge is 0.333 e. The van der Waals surface area contributed by atoms with Crippen LogP contribution in [0.5, 0.6) is 5.75 Å². The van der Waals surface area contributed by atoms with Crippen LogP contribution in [0.2, 0.25) is 0 Å². The number of hydrogen-bond donors (Lipinski definition) is 2. The number of aliphatic hydroxyl groups is 2. The lowest BCUT2D eigenvalue weighted by Crippen LogP contribution is -2.41. The fraction of sp³-hybridized carbons (Fsp3) is 0.500. The number of aryl methyl sites for hydroxylation is 3.